The Morgan fingerprint density at radius 1 is 1.43 bits per heavy atom. The molecule has 0 spiro atoms. The van der Waals surface area contributed by atoms with Crippen molar-refractivity contribution in [2.75, 3.05) is 6.79 Å². The third-order valence-electron chi connectivity index (χ3n) is 1.87. The largest absolute Gasteiger partial charge is 0.454 e. The molecule has 0 N–H and O–H groups in total. The highest BCUT2D eigenvalue weighted by atomic mass is 127. The van der Waals surface area contributed by atoms with Gasteiger partial charge in [0.15, 0.2) is 11.5 Å². The molecule has 0 aromatic heterocycles. The van der Waals surface area contributed by atoms with E-state index < -0.39 is 0 Å². The first-order chi connectivity index (χ1) is 6.66. The average Bonchev–Trinajstić information content (AvgIpc) is 2.51. The van der Waals surface area contributed by atoms with Crippen molar-refractivity contribution in [3.05, 3.63) is 21.3 Å². The topological polar surface area (TPSA) is 35.5 Å². The van der Waals surface area contributed by atoms with Gasteiger partial charge < -0.3 is 9.47 Å². The molecule has 1 aromatic carbocycles. The van der Waals surface area contributed by atoms with Crippen LogP contribution in [0.3, 0.4) is 0 Å². The predicted octanol–water partition coefficient (Wildman–Crippen LogP) is 2.33. The van der Waals surface area contributed by atoms with Crippen LogP contribution in [0.2, 0.25) is 0 Å². The molecular formula is C9H6ClIO3. The zero-order chi connectivity index (χ0) is 10.1. The normalized spacial score (nSPS) is 13.0. The fraction of sp³-hybridized carbons (Fsp3) is 0.222. The first-order valence-corrected chi connectivity index (χ1v) is 5.39. The monoisotopic (exact) mass is 324 g/mol. The third kappa shape index (κ3) is 1.95. The first-order valence-electron chi connectivity index (χ1n) is 3.93. The van der Waals surface area contributed by atoms with Gasteiger partial charge >= 0.3 is 0 Å². The molecule has 1 heterocycles. The highest BCUT2D eigenvalue weighted by molar-refractivity contribution is 14.1. The number of halogens is 2. The molecular weight excluding hydrogens is 318 g/mol. The molecule has 0 amide bonds. The third-order valence-corrected chi connectivity index (χ3v) is 3.01. The number of rotatable bonds is 2. The molecule has 1 aliphatic heterocycles. The molecule has 0 radical (unpaired) electrons. The summed E-state index contributed by atoms with van der Waals surface area (Å²) in [6, 6.07) is 3.64. The smallest absolute Gasteiger partial charge is 0.231 e. The van der Waals surface area contributed by atoms with Crippen molar-refractivity contribution in [1.29, 1.82) is 0 Å². The van der Waals surface area contributed by atoms with Gasteiger partial charge in [-0.3, -0.25) is 4.79 Å². The second kappa shape index (κ2) is 3.94. The molecule has 0 bridgehead atoms. The van der Waals surface area contributed by atoms with Crippen LogP contribution < -0.4 is 9.47 Å². The minimum atomic E-state index is -0.373. The van der Waals surface area contributed by atoms with E-state index in [0.717, 1.165) is 14.9 Å². The molecule has 0 saturated heterocycles. The maximum atomic E-state index is 10.8. The quantitative estimate of drug-likeness (QED) is 0.619. The number of hydrogen-bond donors (Lipinski definition) is 0. The summed E-state index contributed by atoms with van der Waals surface area (Å²) < 4.78 is 11.3. The zero-order valence-corrected chi connectivity index (χ0v) is 9.96. The number of carbonyl (C=O) groups excluding carboxylic acids is 1. The lowest BCUT2D eigenvalue weighted by atomic mass is 10.1. The zero-order valence-electron chi connectivity index (χ0n) is 7.05. The second-order valence-electron chi connectivity index (χ2n) is 2.83. The van der Waals surface area contributed by atoms with E-state index in [-0.39, 0.29) is 18.5 Å². The van der Waals surface area contributed by atoms with Crippen LogP contribution in [0.15, 0.2) is 12.1 Å². The van der Waals surface area contributed by atoms with E-state index in [1.54, 1.807) is 6.07 Å². The Hall–Kier alpha value is -0.490. The maximum absolute atomic E-state index is 10.8. The minimum Gasteiger partial charge on any atom is -0.454 e. The van der Waals surface area contributed by atoms with Gasteiger partial charge in [0.05, 0.1) is 0 Å². The van der Waals surface area contributed by atoms with Gasteiger partial charge in [-0.05, 0) is 51.9 Å². The summed E-state index contributed by atoms with van der Waals surface area (Å²) in [5.41, 5.74) is 0.870. The van der Waals surface area contributed by atoms with Crippen molar-refractivity contribution in [2.45, 2.75) is 6.42 Å². The van der Waals surface area contributed by atoms with E-state index in [1.807, 2.05) is 6.07 Å². The highest BCUT2D eigenvalue weighted by Crippen LogP contribution is 2.35. The van der Waals surface area contributed by atoms with Crippen molar-refractivity contribution in [1.82, 2.24) is 0 Å². The Kier molecular flexibility index (Phi) is 2.83. The van der Waals surface area contributed by atoms with Crippen molar-refractivity contribution in [2.24, 2.45) is 0 Å². The van der Waals surface area contributed by atoms with Gasteiger partial charge in [0.25, 0.3) is 0 Å². The van der Waals surface area contributed by atoms with E-state index >= 15 is 0 Å². The highest BCUT2D eigenvalue weighted by Gasteiger charge is 2.16. The number of benzene rings is 1. The number of ether oxygens (including phenoxy) is 2. The molecule has 5 heteroatoms. The Labute approximate surface area is 99.5 Å². The molecule has 0 aliphatic carbocycles. The maximum Gasteiger partial charge on any atom is 0.231 e. The Morgan fingerprint density at radius 2 is 2.07 bits per heavy atom. The Balaban J connectivity index is 2.37. The molecule has 0 atom stereocenters. The molecule has 0 fully saturated rings. The number of carbonyl (C=O) groups is 1. The van der Waals surface area contributed by atoms with Gasteiger partial charge in [-0.1, -0.05) is 0 Å². The fourth-order valence-corrected chi connectivity index (χ4v) is 2.02. The lowest BCUT2D eigenvalue weighted by Gasteiger charge is -2.03. The van der Waals surface area contributed by atoms with Gasteiger partial charge in [-0.15, -0.1) is 0 Å². The van der Waals surface area contributed by atoms with Crippen molar-refractivity contribution in [3.8, 4) is 11.5 Å². The standard InChI is InChI=1S/C9H6ClIO3/c10-9(12)2-5-1-7-8(3-6(5)11)14-4-13-7/h1,3H,2,4H2. The summed E-state index contributed by atoms with van der Waals surface area (Å²) in [5, 5.41) is -0.373. The number of hydrogen-bond acceptors (Lipinski definition) is 3. The van der Waals surface area contributed by atoms with E-state index in [1.165, 1.54) is 0 Å². The summed E-state index contributed by atoms with van der Waals surface area (Å²) in [7, 11) is 0. The lowest BCUT2D eigenvalue weighted by molar-refractivity contribution is -0.111. The van der Waals surface area contributed by atoms with E-state index in [4.69, 9.17) is 21.1 Å². The van der Waals surface area contributed by atoms with E-state index in [2.05, 4.69) is 22.6 Å². The molecule has 14 heavy (non-hydrogen) atoms. The Bertz CT molecular complexity index is 392. The molecule has 0 unspecified atom stereocenters. The van der Waals surface area contributed by atoms with Crippen molar-refractivity contribution in [3.63, 3.8) is 0 Å². The average molecular weight is 325 g/mol. The predicted molar refractivity (Wildman–Crippen MR) is 59.8 cm³/mol. The molecule has 3 nitrogen and oxygen atoms in total. The van der Waals surface area contributed by atoms with Gasteiger partial charge in [0.1, 0.15) is 0 Å². The molecule has 74 valence electrons. The van der Waals surface area contributed by atoms with Crippen LogP contribution in [0.4, 0.5) is 0 Å². The Morgan fingerprint density at radius 3 is 2.71 bits per heavy atom. The van der Waals surface area contributed by atoms with Gasteiger partial charge in [-0.25, -0.2) is 0 Å². The summed E-state index contributed by atoms with van der Waals surface area (Å²) in [6.07, 6.45) is 0.219. The van der Waals surface area contributed by atoms with Gasteiger partial charge in [-0.2, -0.15) is 0 Å². The van der Waals surface area contributed by atoms with Gasteiger partial charge in [0.2, 0.25) is 12.0 Å². The van der Waals surface area contributed by atoms with Crippen molar-refractivity contribution >= 4 is 39.4 Å². The summed E-state index contributed by atoms with van der Waals surface area (Å²) >= 11 is 7.46. The summed E-state index contributed by atoms with van der Waals surface area (Å²) in [5.74, 6) is 1.40. The van der Waals surface area contributed by atoms with Crippen LogP contribution in [0.1, 0.15) is 5.56 Å². The van der Waals surface area contributed by atoms with E-state index in [0.29, 0.717) is 5.75 Å². The van der Waals surface area contributed by atoms with Crippen LogP contribution in [-0.4, -0.2) is 12.0 Å². The van der Waals surface area contributed by atoms with Crippen LogP contribution in [0.25, 0.3) is 0 Å². The van der Waals surface area contributed by atoms with E-state index in [9.17, 15) is 4.79 Å². The first kappa shape index (κ1) is 10.0. The summed E-state index contributed by atoms with van der Waals surface area (Å²) in [6.45, 7) is 0.240. The molecule has 2 rings (SSSR count). The summed E-state index contributed by atoms with van der Waals surface area (Å²) in [4.78, 5) is 10.8. The number of fused-ring (bicyclic) bond motifs is 1. The van der Waals surface area contributed by atoms with Gasteiger partial charge in [0, 0.05) is 9.99 Å². The second-order valence-corrected chi connectivity index (χ2v) is 4.41. The molecule has 1 aliphatic rings. The van der Waals surface area contributed by atoms with Crippen LogP contribution >= 0.6 is 34.2 Å². The SMILES string of the molecule is O=C(Cl)Cc1cc2c(cc1I)OCO2. The van der Waals surface area contributed by atoms with Crippen LogP contribution in [0, 0.1) is 3.57 Å². The molecule has 0 saturated carbocycles. The molecule has 1 aromatic rings. The minimum absolute atomic E-state index is 0.219. The lowest BCUT2D eigenvalue weighted by Crippen LogP contribution is -1.96. The fourth-order valence-electron chi connectivity index (χ4n) is 1.24. The van der Waals surface area contributed by atoms with Crippen LogP contribution in [-0.2, 0) is 11.2 Å². The van der Waals surface area contributed by atoms with Crippen LogP contribution in [0.5, 0.6) is 11.5 Å². The van der Waals surface area contributed by atoms with Crippen molar-refractivity contribution < 1.29 is 14.3 Å².